The first-order valence-electron chi connectivity index (χ1n) is 5.54. The summed E-state index contributed by atoms with van der Waals surface area (Å²) in [6.07, 6.45) is 1.86. The van der Waals surface area contributed by atoms with Crippen LogP contribution in [-0.4, -0.2) is 30.3 Å². The molecule has 5 heteroatoms. The minimum absolute atomic E-state index is 0.204. The van der Waals surface area contributed by atoms with Crippen molar-refractivity contribution in [2.45, 2.75) is 18.8 Å². The van der Waals surface area contributed by atoms with Gasteiger partial charge in [-0.05, 0) is 48.9 Å². The predicted molar refractivity (Wildman–Crippen MR) is 61.1 cm³/mol. The van der Waals surface area contributed by atoms with E-state index >= 15 is 0 Å². The Hall–Kier alpha value is -0.905. The van der Waals surface area contributed by atoms with Crippen LogP contribution in [0.25, 0.3) is 0 Å². The fourth-order valence-electron chi connectivity index (χ4n) is 2.17. The third-order valence-electron chi connectivity index (χ3n) is 3.10. The van der Waals surface area contributed by atoms with E-state index in [0.29, 0.717) is 5.56 Å². The molecule has 0 aromatic heterocycles. The van der Waals surface area contributed by atoms with Crippen LogP contribution in [0.2, 0.25) is 0 Å². The molecule has 0 amide bonds. The molecule has 1 aliphatic heterocycles. The van der Waals surface area contributed by atoms with Crippen molar-refractivity contribution in [2.75, 3.05) is 13.1 Å². The summed E-state index contributed by atoms with van der Waals surface area (Å²) in [5.74, 6) is -0.0939. The van der Waals surface area contributed by atoms with E-state index in [9.17, 15) is 4.39 Å². The normalized spacial score (nSPS) is 17.4. The van der Waals surface area contributed by atoms with Gasteiger partial charge in [0.15, 0.2) is 0 Å². The van der Waals surface area contributed by atoms with E-state index in [1.165, 1.54) is 6.07 Å². The molecule has 1 aromatic carbocycles. The molecule has 1 aliphatic rings. The SMILES string of the molecule is OB(O)c1ccc(C2CCNCC2)c(F)c1. The lowest BCUT2D eigenvalue weighted by molar-refractivity contribution is 0.424. The Kier molecular flexibility index (Phi) is 3.58. The van der Waals surface area contributed by atoms with Crippen LogP contribution < -0.4 is 10.8 Å². The lowest BCUT2D eigenvalue weighted by Gasteiger charge is -2.23. The van der Waals surface area contributed by atoms with Gasteiger partial charge < -0.3 is 15.4 Å². The molecule has 3 N–H and O–H groups in total. The number of hydrogen-bond donors (Lipinski definition) is 3. The van der Waals surface area contributed by atoms with Crippen molar-refractivity contribution in [1.82, 2.24) is 5.32 Å². The standard InChI is InChI=1S/C11H15BFNO2/c13-11-7-9(12(15)16)1-2-10(11)8-3-5-14-6-4-8/h1-2,7-8,14-16H,3-6H2. The zero-order valence-electron chi connectivity index (χ0n) is 8.99. The third kappa shape index (κ3) is 2.43. The highest BCUT2D eigenvalue weighted by Crippen LogP contribution is 2.26. The molecule has 0 unspecified atom stereocenters. The van der Waals surface area contributed by atoms with Crippen LogP contribution in [0, 0.1) is 5.82 Å². The fourth-order valence-corrected chi connectivity index (χ4v) is 2.17. The van der Waals surface area contributed by atoms with Gasteiger partial charge in [0.05, 0.1) is 0 Å². The Bertz CT molecular complexity index is 367. The van der Waals surface area contributed by atoms with Gasteiger partial charge in [0.25, 0.3) is 0 Å². The maximum absolute atomic E-state index is 13.8. The summed E-state index contributed by atoms with van der Waals surface area (Å²) < 4.78 is 13.8. The molecule has 0 bridgehead atoms. The average Bonchev–Trinajstić information content (AvgIpc) is 2.30. The highest BCUT2D eigenvalue weighted by molar-refractivity contribution is 6.58. The quantitative estimate of drug-likeness (QED) is 0.617. The maximum Gasteiger partial charge on any atom is 0.488 e. The Morgan fingerprint density at radius 2 is 1.94 bits per heavy atom. The Labute approximate surface area is 94.4 Å². The van der Waals surface area contributed by atoms with Crippen LogP contribution in [-0.2, 0) is 0 Å². The van der Waals surface area contributed by atoms with Gasteiger partial charge in [0, 0.05) is 0 Å². The first kappa shape index (κ1) is 11.6. The summed E-state index contributed by atoms with van der Waals surface area (Å²) in [6, 6.07) is 4.45. The van der Waals surface area contributed by atoms with Gasteiger partial charge in [0.1, 0.15) is 5.82 Å². The van der Waals surface area contributed by atoms with E-state index in [1.807, 2.05) is 0 Å². The van der Waals surface area contributed by atoms with Crippen molar-refractivity contribution in [2.24, 2.45) is 0 Å². The smallest absolute Gasteiger partial charge is 0.423 e. The molecule has 16 heavy (non-hydrogen) atoms. The molecular weight excluding hydrogens is 208 g/mol. The van der Waals surface area contributed by atoms with E-state index in [2.05, 4.69) is 5.32 Å². The first-order chi connectivity index (χ1) is 7.68. The summed E-state index contributed by atoms with van der Waals surface area (Å²) in [4.78, 5) is 0. The number of nitrogens with one attached hydrogen (secondary N) is 1. The molecule has 0 spiro atoms. The predicted octanol–water partition coefficient (Wildman–Crippen LogP) is -0.0275. The molecule has 1 aromatic rings. The second-order valence-corrected chi connectivity index (χ2v) is 4.18. The van der Waals surface area contributed by atoms with Gasteiger partial charge in [0.2, 0.25) is 0 Å². The molecule has 1 saturated heterocycles. The van der Waals surface area contributed by atoms with E-state index in [0.717, 1.165) is 25.9 Å². The van der Waals surface area contributed by atoms with Gasteiger partial charge in [-0.1, -0.05) is 12.1 Å². The number of rotatable bonds is 2. The van der Waals surface area contributed by atoms with Gasteiger partial charge in [-0.25, -0.2) is 4.39 Å². The first-order valence-corrected chi connectivity index (χ1v) is 5.54. The minimum atomic E-state index is -1.60. The molecule has 0 saturated carbocycles. The topological polar surface area (TPSA) is 52.5 Å². The van der Waals surface area contributed by atoms with Crippen molar-refractivity contribution < 1.29 is 14.4 Å². The van der Waals surface area contributed by atoms with E-state index < -0.39 is 7.12 Å². The van der Waals surface area contributed by atoms with Crippen LogP contribution in [0.3, 0.4) is 0 Å². The number of piperidine rings is 1. The lowest BCUT2D eigenvalue weighted by Crippen LogP contribution is -2.31. The van der Waals surface area contributed by atoms with Crippen molar-refractivity contribution in [3.8, 4) is 0 Å². The molecule has 1 fully saturated rings. The maximum atomic E-state index is 13.8. The zero-order valence-corrected chi connectivity index (χ0v) is 8.99. The minimum Gasteiger partial charge on any atom is -0.423 e. The molecule has 86 valence electrons. The monoisotopic (exact) mass is 223 g/mol. The second kappa shape index (κ2) is 4.95. The van der Waals surface area contributed by atoms with Crippen molar-refractivity contribution in [1.29, 1.82) is 0 Å². The Morgan fingerprint density at radius 3 is 2.50 bits per heavy atom. The summed E-state index contributed by atoms with van der Waals surface area (Å²) in [5, 5.41) is 21.1. The second-order valence-electron chi connectivity index (χ2n) is 4.18. The summed E-state index contributed by atoms with van der Waals surface area (Å²) in [6.45, 7) is 1.82. The molecule has 3 nitrogen and oxygen atoms in total. The number of benzene rings is 1. The van der Waals surface area contributed by atoms with E-state index in [1.54, 1.807) is 12.1 Å². The van der Waals surface area contributed by atoms with E-state index in [-0.39, 0.29) is 17.2 Å². The van der Waals surface area contributed by atoms with Crippen LogP contribution in [0.1, 0.15) is 24.3 Å². The number of hydrogen-bond acceptors (Lipinski definition) is 3. The summed E-state index contributed by atoms with van der Waals surface area (Å²) in [7, 11) is -1.60. The van der Waals surface area contributed by atoms with Gasteiger partial charge in [-0.3, -0.25) is 0 Å². The summed E-state index contributed by atoms with van der Waals surface area (Å²) >= 11 is 0. The molecule has 0 atom stereocenters. The Balaban J connectivity index is 2.21. The van der Waals surface area contributed by atoms with Gasteiger partial charge in [-0.15, -0.1) is 0 Å². The molecular formula is C11H15BFNO2. The third-order valence-corrected chi connectivity index (χ3v) is 3.10. The molecule has 2 rings (SSSR count). The van der Waals surface area contributed by atoms with Crippen LogP contribution >= 0.6 is 0 Å². The highest BCUT2D eigenvalue weighted by atomic mass is 19.1. The molecule has 0 aliphatic carbocycles. The zero-order chi connectivity index (χ0) is 11.5. The van der Waals surface area contributed by atoms with E-state index in [4.69, 9.17) is 10.0 Å². The fraction of sp³-hybridized carbons (Fsp3) is 0.455. The van der Waals surface area contributed by atoms with Crippen molar-refractivity contribution in [3.63, 3.8) is 0 Å². The lowest BCUT2D eigenvalue weighted by atomic mass is 9.78. The van der Waals surface area contributed by atoms with Crippen LogP contribution in [0.4, 0.5) is 4.39 Å². The van der Waals surface area contributed by atoms with Crippen molar-refractivity contribution in [3.05, 3.63) is 29.6 Å². The summed E-state index contributed by atoms with van der Waals surface area (Å²) in [5.41, 5.74) is 0.890. The highest BCUT2D eigenvalue weighted by Gasteiger charge is 2.20. The molecule has 0 radical (unpaired) electrons. The largest absolute Gasteiger partial charge is 0.488 e. The van der Waals surface area contributed by atoms with Gasteiger partial charge in [-0.2, -0.15) is 0 Å². The average molecular weight is 223 g/mol. The van der Waals surface area contributed by atoms with Crippen LogP contribution in [0.5, 0.6) is 0 Å². The molecule has 1 heterocycles. The number of halogens is 1. The van der Waals surface area contributed by atoms with Crippen molar-refractivity contribution >= 4 is 12.6 Å². The van der Waals surface area contributed by atoms with Crippen LogP contribution in [0.15, 0.2) is 18.2 Å². The van der Waals surface area contributed by atoms with Gasteiger partial charge >= 0.3 is 7.12 Å². The Morgan fingerprint density at radius 1 is 1.25 bits per heavy atom.